The Morgan fingerprint density at radius 2 is 2.00 bits per heavy atom. The predicted octanol–water partition coefficient (Wildman–Crippen LogP) is 3.54. The Balaban J connectivity index is 0.00000102. The molecule has 1 aromatic heterocycles. The first-order valence-electron chi connectivity index (χ1n) is 9.37. The van der Waals surface area contributed by atoms with Crippen LogP contribution < -0.4 is 10.3 Å². The molecule has 0 atom stereocenters. The Labute approximate surface area is 158 Å². The molecule has 0 spiro atoms. The molecule has 6 heteroatoms. The first kappa shape index (κ1) is 19.1. The SMILES string of the molecule is CC.CCN(CCO)Cc1ccc2c(c1)-c1n[nH]c(=O)c3cccc(c13)O2. The molecule has 0 aliphatic carbocycles. The molecule has 0 saturated heterocycles. The number of H-pyrrole nitrogens is 1. The average molecular weight is 367 g/mol. The molecule has 0 fully saturated rings. The number of ether oxygens (including phenoxy) is 1. The van der Waals surface area contributed by atoms with E-state index in [0.717, 1.165) is 41.0 Å². The third-order valence-corrected chi connectivity index (χ3v) is 4.57. The highest BCUT2D eigenvalue weighted by Gasteiger charge is 2.23. The van der Waals surface area contributed by atoms with Gasteiger partial charge in [-0.15, -0.1) is 0 Å². The lowest BCUT2D eigenvalue weighted by Crippen LogP contribution is -2.26. The van der Waals surface area contributed by atoms with Crippen LogP contribution in [0.4, 0.5) is 0 Å². The van der Waals surface area contributed by atoms with E-state index < -0.39 is 0 Å². The molecular formula is C21H25N3O3. The number of fused-ring (bicyclic) bond motifs is 2. The summed E-state index contributed by atoms with van der Waals surface area (Å²) in [6.45, 7) is 8.43. The van der Waals surface area contributed by atoms with Crippen LogP contribution in [0.5, 0.6) is 11.5 Å². The fraction of sp³-hybridized carbons (Fsp3) is 0.333. The van der Waals surface area contributed by atoms with E-state index in [0.29, 0.717) is 17.7 Å². The monoisotopic (exact) mass is 367 g/mol. The summed E-state index contributed by atoms with van der Waals surface area (Å²) in [5.41, 5.74) is 2.50. The molecule has 27 heavy (non-hydrogen) atoms. The largest absolute Gasteiger partial charge is 0.456 e. The molecule has 142 valence electrons. The summed E-state index contributed by atoms with van der Waals surface area (Å²) in [6, 6.07) is 11.4. The normalized spacial score (nSPS) is 11.6. The Morgan fingerprint density at radius 1 is 1.19 bits per heavy atom. The van der Waals surface area contributed by atoms with E-state index in [-0.39, 0.29) is 12.2 Å². The van der Waals surface area contributed by atoms with Gasteiger partial charge in [-0.3, -0.25) is 9.69 Å². The summed E-state index contributed by atoms with van der Waals surface area (Å²) in [5, 5.41) is 17.4. The topological polar surface area (TPSA) is 78.5 Å². The number of rotatable bonds is 5. The number of aliphatic hydroxyl groups excluding tert-OH is 1. The van der Waals surface area contributed by atoms with E-state index in [4.69, 9.17) is 9.84 Å². The number of hydrogen-bond acceptors (Lipinski definition) is 5. The number of aromatic amines is 1. The minimum absolute atomic E-state index is 0.136. The summed E-state index contributed by atoms with van der Waals surface area (Å²) < 4.78 is 5.99. The molecule has 2 aromatic carbocycles. The second kappa shape index (κ2) is 8.33. The van der Waals surface area contributed by atoms with Crippen LogP contribution >= 0.6 is 0 Å². The van der Waals surface area contributed by atoms with E-state index in [2.05, 4.69) is 22.0 Å². The van der Waals surface area contributed by atoms with E-state index in [1.807, 2.05) is 44.2 Å². The van der Waals surface area contributed by atoms with E-state index in [1.165, 1.54) is 0 Å². The van der Waals surface area contributed by atoms with Crippen LogP contribution in [0, 0.1) is 0 Å². The molecule has 0 bridgehead atoms. The minimum Gasteiger partial charge on any atom is -0.456 e. The van der Waals surface area contributed by atoms with Gasteiger partial charge in [0.15, 0.2) is 0 Å². The minimum atomic E-state index is -0.219. The van der Waals surface area contributed by atoms with Crippen molar-refractivity contribution in [2.45, 2.75) is 27.3 Å². The maximum absolute atomic E-state index is 12.1. The van der Waals surface area contributed by atoms with Crippen molar-refractivity contribution in [1.29, 1.82) is 0 Å². The van der Waals surface area contributed by atoms with E-state index in [1.54, 1.807) is 6.07 Å². The number of benzene rings is 2. The molecule has 0 amide bonds. The van der Waals surface area contributed by atoms with Gasteiger partial charge in [0, 0.05) is 18.7 Å². The molecule has 0 radical (unpaired) electrons. The molecule has 2 heterocycles. The van der Waals surface area contributed by atoms with Gasteiger partial charge >= 0.3 is 0 Å². The zero-order chi connectivity index (χ0) is 19.4. The summed E-state index contributed by atoms with van der Waals surface area (Å²) in [6.07, 6.45) is 0. The molecular weight excluding hydrogens is 342 g/mol. The van der Waals surface area contributed by atoms with Crippen LogP contribution in [0.15, 0.2) is 41.2 Å². The van der Waals surface area contributed by atoms with Crippen LogP contribution in [0.1, 0.15) is 26.3 Å². The van der Waals surface area contributed by atoms with Crippen molar-refractivity contribution in [3.8, 4) is 22.8 Å². The maximum atomic E-state index is 12.1. The number of aromatic nitrogens is 2. The summed E-state index contributed by atoms with van der Waals surface area (Å²) in [5.74, 6) is 1.38. The van der Waals surface area contributed by atoms with Gasteiger partial charge in [0.25, 0.3) is 5.56 Å². The Bertz CT molecular complexity index is 998. The molecule has 3 aromatic rings. The van der Waals surface area contributed by atoms with Gasteiger partial charge in [0.05, 0.1) is 17.4 Å². The van der Waals surface area contributed by atoms with Gasteiger partial charge in [0.1, 0.15) is 17.2 Å². The molecule has 1 aliphatic rings. The maximum Gasteiger partial charge on any atom is 0.272 e. The van der Waals surface area contributed by atoms with Gasteiger partial charge in [0.2, 0.25) is 0 Å². The van der Waals surface area contributed by atoms with Crippen molar-refractivity contribution in [3.05, 3.63) is 52.3 Å². The first-order chi connectivity index (χ1) is 13.2. The number of nitrogens with zero attached hydrogens (tertiary/aromatic N) is 2. The van der Waals surface area contributed by atoms with Crippen molar-refractivity contribution in [2.24, 2.45) is 0 Å². The standard InChI is InChI=1S/C19H19N3O3.C2H6/c1-2-22(8-9-23)11-12-6-7-15-14(10-12)18-17-13(19(24)21-20-18)4-3-5-16(17)25-15;1-2/h3-7,10,23H,2,8-9,11H2,1H3,(H,21,24);1-2H3. The molecule has 1 aliphatic heterocycles. The second-order valence-corrected chi connectivity index (χ2v) is 6.10. The van der Waals surface area contributed by atoms with Crippen molar-refractivity contribution < 1.29 is 9.84 Å². The van der Waals surface area contributed by atoms with Gasteiger partial charge in [-0.2, -0.15) is 5.10 Å². The summed E-state index contributed by atoms with van der Waals surface area (Å²) in [4.78, 5) is 14.2. The summed E-state index contributed by atoms with van der Waals surface area (Å²) in [7, 11) is 0. The molecule has 0 saturated carbocycles. The third kappa shape index (κ3) is 3.59. The van der Waals surface area contributed by atoms with Crippen molar-refractivity contribution in [3.63, 3.8) is 0 Å². The Morgan fingerprint density at radius 3 is 2.74 bits per heavy atom. The van der Waals surface area contributed by atoms with Gasteiger partial charge in [-0.05, 0) is 36.4 Å². The number of nitrogens with one attached hydrogen (secondary N) is 1. The smallest absolute Gasteiger partial charge is 0.272 e. The highest BCUT2D eigenvalue weighted by molar-refractivity contribution is 6.01. The van der Waals surface area contributed by atoms with Gasteiger partial charge in [-0.25, -0.2) is 5.10 Å². The molecule has 6 nitrogen and oxygen atoms in total. The predicted molar refractivity (Wildman–Crippen MR) is 107 cm³/mol. The second-order valence-electron chi connectivity index (χ2n) is 6.10. The average Bonchev–Trinajstić information content (AvgIpc) is 2.71. The van der Waals surface area contributed by atoms with Crippen LogP contribution in [-0.2, 0) is 6.54 Å². The fourth-order valence-electron chi connectivity index (χ4n) is 3.28. The lowest BCUT2D eigenvalue weighted by atomic mass is 9.99. The molecule has 2 N–H and O–H groups in total. The zero-order valence-electron chi connectivity index (χ0n) is 16.0. The fourth-order valence-corrected chi connectivity index (χ4v) is 3.28. The van der Waals surface area contributed by atoms with Crippen molar-refractivity contribution in [2.75, 3.05) is 19.7 Å². The van der Waals surface area contributed by atoms with E-state index >= 15 is 0 Å². The zero-order valence-corrected chi connectivity index (χ0v) is 16.0. The molecule has 4 rings (SSSR count). The van der Waals surface area contributed by atoms with Crippen molar-refractivity contribution in [1.82, 2.24) is 15.1 Å². The van der Waals surface area contributed by atoms with Gasteiger partial charge in [-0.1, -0.05) is 32.9 Å². The van der Waals surface area contributed by atoms with E-state index in [9.17, 15) is 4.79 Å². The first-order valence-corrected chi connectivity index (χ1v) is 9.37. The molecule has 0 unspecified atom stereocenters. The highest BCUT2D eigenvalue weighted by Crippen LogP contribution is 2.44. The van der Waals surface area contributed by atoms with Crippen LogP contribution in [0.25, 0.3) is 22.0 Å². The van der Waals surface area contributed by atoms with Crippen LogP contribution in [-0.4, -0.2) is 39.9 Å². The van der Waals surface area contributed by atoms with Crippen LogP contribution in [0.2, 0.25) is 0 Å². The lowest BCUT2D eigenvalue weighted by Gasteiger charge is -2.22. The number of aliphatic hydroxyl groups is 1. The Kier molecular flexibility index (Phi) is 5.88. The third-order valence-electron chi connectivity index (χ3n) is 4.57. The number of hydrogen-bond donors (Lipinski definition) is 2. The van der Waals surface area contributed by atoms with Crippen molar-refractivity contribution >= 4 is 10.8 Å². The van der Waals surface area contributed by atoms with Crippen LogP contribution in [0.3, 0.4) is 0 Å². The lowest BCUT2D eigenvalue weighted by molar-refractivity contribution is 0.197. The van der Waals surface area contributed by atoms with Gasteiger partial charge < -0.3 is 9.84 Å². The quantitative estimate of drug-likeness (QED) is 0.564. The number of likely N-dealkylation sites (N-methyl/N-ethyl adjacent to an activating group) is 1. The highest BCUT2D eigenvalue weighted by atomic mass is 16.5. The Hall–Kier alpha value is -2.70. The summed E-state index contributed by atoms with van der Waals surface area (Å²) >= 11 is 0.